The van der Waals surface area contributed by atoms with Crippen LogP contribution in [0.4, 0.5) is 4.39 Å². The molecule has 0 radical (unpaired) electrons. The summed E-state index contributed by atoms with van der Waals surface area (Å²) in [5.74, 6) is -2.46. The molecule has 0 aliphatic carbocycles. The molecule has 0 spiro atoms. The third-order valence-corrected chi connectivity index (χ3v) is 4.70. The number of carboxylic acids is 1. The minimum atomic E-state index is -3.64. The molecule has 2 rings (SSSR count). The summed E-state index contributed by atoms with van der Waals surface area (Å²) in [6, 6.07) is 3.43. The van der Waals surface area contributed by atoms with Gasteiger partial charge in [-0.05, 0) is 18.4 Å². The molecule has 0 amide bonds. The van der Waals surface area contributed by atoms with Gasteiger partial charge < -0.3 is 9.63 Å². The van der Waals surface area contributed by atoms with Gasteiger partial charge in [0.1, 0.15) is 11.5 Å². The quantitative estimate of drug-likeness (QED) is 0.858. The van der Waals surface area contributed by atoms with E-state index in [1.54, 1.807) is 6.26 Å². The predicted molar refractivity (Wildman–Crippen MR) is 73.7 cm³/mol. The molecule has 1 aromatic heterocycles. The van der Waals surface area contributed by atoms with Gasteiger partial charge in [0.05, 0.1) is 9.79 Å². The Morgan fingerprint density at radius 2 is 2.05 bits per heavy atom. The molecular weight excluding hydrogens is 321 g/mol. The van der Waals surface area contributed by atoms with Crippen LogP contribution in [0.2, 0.25) is 0 Å². The van der Waals surface area contributed by atoms with Crippen molar-refractivity contribution in [2.45, 2.75) is 9.79 Å². The van der Waals surface area contributed by atoms with Crippen molar-refractivity contribution in [2.75, 3.05) is 12.5 Å². The number of halogens is 1. The third-order valence-electron chi connectivity index (χ3n) is 2.63. The predicted octanol–water partition coefficient (Wildman–Crippen LogP) is 2.30. The number of hydrogen-bond donors (Lipinski definition) is 1. The Kier molecular flexibility index (Phi) is 4.06. The van der Waals surface area contributed by atoms with E-state index < -0.39 is 27.4 Å². The van der Waals surface area contributed by atoms with Crippen molar-refractivity contribution >= 4 is 27.6 Å². The smallest absolute Gasteiger partial charge is 0.374 e. The summed E-state index contributed by atoms with van der Waals surface area (Å²) in [5.41, 5.74) is 0.172. The Morgan fingerprint density at radius 3 is 2.52 bits per heavy atom. The Morgan fingerprint density at radius 1 is 1.38 bits per heavy atom. The molecule has 0 saturated carbocycles. The highest BCUT2D eigenvalue weighted by Crippen LogP contribution is 2.32. The van der Waals surface area contributed by atoms with Gasteiger partial charge in [-0.25, -0.2) is 17.6 Å². The first kappa shape index (κ1) is 15.5. The summed E-state index contributed by atoms with van der Waals surface area (Å²) in [6.07, 6.45) is 2.53. The molecular formula is C12H10FNO5S2. The van der Waals surface area contributed by atoms with E-state index in [0.29, 0.717) is 0 Å². The second-order valence-electron chi connectivity index (χ2n) is 4.14. The molecule has 0 bridgehead atoms. The number of carboxylic acid groups (broad SMARTS) is 1. The van der Waals surface area contributed by atoms with E-state index in [1.165, 1.54) is 6.07 Å². The Balaban J connectivity index is 2.65. The van der Waals surface area contributed by atoms with Gasteiger partial charge >= 0.3 is 5.97 Å². The maximum Gasteiger partial charge on any atom is 0.374 e. The first-order valence-corrected chi connectivity index (χ1v) is 8.63. The molecule has 0 unspecified atom stereocenters. The zero-order valence-electron chi connectivity index (χ0n) is 11.0. The van der Waals surface area contributed by atoms with Crippen LogP contribution >= 0.6 is 11.8 Å². The van der Waals surface area contributed by atoms with Crippen LogP contribution in [0.5, 0.6) is 0 Å². The van der Waals surface area contributed by atoms with Gasteiger partial charge in [-0.2, -0.15) is 0 Å². The number of hydrogen-bond acceptors (Lipinski definition) is 6. The van der Waals surface area contributed by atoms with Crippen LogP contribution in [0.1, 0.15) is 10.6 Å². The van der Waals surface area contributed by atoms with Gasteiger partial charge in [-0.1, -0.05) is 5.16 Å². The highest BCUT2D eigenvalue weighted by molar-refractivity contribution is 7.99. The van der Waals surface area contributed by atoms with Crippen LogP contribution in [0.3, 0.4) is 0 Å². The molecule has 21 heavy (non-hydrogen) atoms. The zero-order chi connectivity index (χ0) is 15.8. The summed E-state index contributed by atoms with van der Waals surface area (Å²) >= 11 is 0.971. The number of rotatable bonds is 4. The molecule has 0 fully saturated rings. The molecule has 0 aliphatic heterocycles. The van der Waals surface area contributed by atoms with Gasteiger partial charge in [0.25, 0.3) is 0 Å². The summed E-state index contributed by atoms with van der Waals surface area (Å²) in [6.45, 7) is 0. The van der Waals surface area contributed by atoms with Crippen LogP contribution < -0.4 is 0 Å². The lowest BCUT2D eigenvalue weighted by molar-refractivity contribution is 0.0652. The van der Waals surface area contributed by atoms with Crippen molar-refractivity contribution in [3.63, 3.8) is 0 Å². The average molecular weight is 331 g/mol. The van der Waals surface area contributed by atoms with Gasteiger partial charge in [0.15, 0.2) is 9.84 Å². The van der Waals surface area contributed by atoms with Crippen LogP contribution in [0, 0.1) is 5.82 Å². The van der Waals surface area contributed by atoms with Crippen LogP contribution in [-0.2, 0) is 9.84 Å². The molecule has 9 heteroatoms. The Hall–Kier alpha value is -1.87. The van der Waals surface area contributed by atoms with E-state index in [-0.39, 0.29) is 21.0 Å². The number of sulfone groups is 1. The number of carbonyl (C=O) groups is 1. The number of thioether (sulfide) groups is 1. The van der Waals surface area contributed by atoms with E-state index in [9.17, 15) is 17.6 Å². The normalized spacial score (nSPS) is 11.6. The fraction of sp³-hybridized carbons (Fsp3) is 0.167. The number of nitrogens with zero attached hydrogens (tertiary/aromatic N) is 1. The Bertz CT molecular complexity index is 813. The molecule has 1 heterocycles. The molecule has 1 aromatic carbocycles. The van der Waals surface area contributed by atoms with Gasteiger partial charge in [-0.15, -0.1) is 11.8 Å². The zero-order valence-corrected chi connectivity index (χ0v) is 12.6. The molecule has 0 aliphatic rings. The van der Waals surface area contributed by atoms with Crippen molar-refractivity contribution in [2.24, 2.45) is 0 Å². The maximum absolute atomic E-state index is 14.0. The largest absolute Gasteiger partial charge is 0.475 e. The second-order valence-corrected chi connectivity index (χ2v) is 6.94. The van der Waals surface area contributed by atoms with Crippen LogP contribution in [0.25, 0.3) is 11.3 Å². The number of aromatic carboxylic acids is 1. The maximum atomic E-state index is 14.0. The van der Waals surface area contributed by atoms with E-state index in [4.69, 9.17) is 5.11 Å². The van der Waals surface area contributed by atoms with Crippen molar-refractivity contribution in [3.8, 4) is 11.3 Å². The van der Waals surface area contributed by atoms with E-state index in [0.717, 1.165) is 30.2 Å². The standard InChI is InChI=1S/C12H10FNO5S2/c1-20-11-7(13)3-6(4-10(11)21(2,17)18)8-5-9(12(15)16)19-14-8/h3-5H,1-2H3,(H,15,16). The summed E-state index contributed by atoms with van der Waals surface area (Å²) < 4.78 is 42.1. The molecule has 1 N–H and O–H groups in total. The second kappa shape index (κ2) is 5.49. The van der Waals surface area contributed by atoms with Crippen LogP contribution in [0.15, 0.2) is 32.5 Å². The lowest BCUT2D eigenvalue weighted by Gasteiger charge is -2.08. The highest BCUT2D eigenvalue weighted by Gasteiger charge is 2.21. The fourth-order valence-corrected chi connectivity index (χ4v) is 3.70. The van der Waals surface area contributed by atoms with Crippen LogP contribution in [-0.4, -0.2) is 37.2 Å². The van der Waals surface area contributed by atoms with E-state index >= 15 is 0 Å². The summed E-state index contributed by atoms with van der Waals surface area (Å²) in [5, 5.41) is 12.3. The Labute approximate surface area is 123 Å². The minimum Gasteiger partial charge on any atom is -0.475 e. The minimum absolute atomic E-state index is 0.00297. The van der Waals surface area contributed by atoms with Crippen molar-refractivity contribution in [1.82, 2.24) is 5.16 Å². The molecule has 2 aromatic rings. The summed E-state index contributed by atoms with van der Waals surface area (Å²) in [7, 11) is -3.64. The monoisotopic (exact) mass is 331 g/mol. The third kappa shape index (κ3) is 3.08. The lowest BCUT2D eigenvalue weighted by Crippen LogP contribution is -2.02. The molecule has 0 atom stereocenters. The topological polar surface area (TPSA) is 97.5 Å². The highest BCUT2D eigenvalue weighted by atomic mass is 32.2. The average Bonchev–Trinajstić information content (AvgIpc) is 2.86. The van der Waals surface area contributed by atoms with Crippen molar-refractivity contribution in [3.05, 3.63) is 29.8 Å². The molecule has 6 nitrogen and oxygen atoms in total. The van der Waals surface area contributed by atoms with E-state index in [1.807, 2.05) is 0 Å². The van der Waals surface area contributed by atoms with Crippen molar-refractivity contribution < 1.29 is 27.2 Å². The first-order chi connectivity index (χ1) is 9.74. The first-order valence-electron chi connectivity index (χ1n) is 5.52. The van der Waals surface area contributed by atoms with Crippen molar-refractivity contribution in [1.29, 1.82) is 0 Å². The number of benzene rings is 1. The molecule has 112 valence electrons. The van der Waals surface area contributed by atoms with Gasteiger partial charge in [-0.3, -0.25) is 0 Å². The van der Waals surface area contributed by atoms with E-state index in [2.05, 4.69) is 9.68 Å². The van der Waals surface area contributed by atoms with Gasteiger partial charge in [0, 0.05) is 17.9 Å². The number of aromatic nitrogens is 1. The summed E-state index contributed by atoms with van der Waals surface area (Å²) in [4.78, 5) is 10.6. The fourth-order valence-electron chi connectivity index (χ4n) is 1.70. The SMILES string of the molecule is CSc1c(F)cc(-c2cc(C(=O)O)on2)cc1S(C)(=O)=O. The molecule has 0 saturated heterocycles. The van der Waals surface area contributed by atoms with Gasteiger partial charge in [0.2, 0.25) is 5.76 Å². The lowest BCUT2D eigenvalue weighted by atomic mass is 10.1.